The van der Waals surface area contributed by atoms with Gasteiger partial charge in [0.15, 0.2) is 23.4 Å². The number of benzene rings is 2. The number of para-hydroxylation sites is 1. The first kappa shape index (κ1) is 33.3. The Labute approximate surface area is 289 Å². The number of rotatable bonds is 9. The zero-order chi connectivity index (χ0) is 35.3. The van der Waals surface area contributed by atoms with E-state index in [0.717, 1.165) is 35.2 Å². The third-order valence-electron chi connectivity index (χ3n) is 9.71. The van der Waals surface area contributed by atoms with Crippen molar-refractivity contribution < 1.29 is 33.1 Å². The maximum Gasteiger partial charge on any atom is 0.273 e. The summed E-state index contributed by atoms with van der Waals surface area (Å²) in [5.41, 5.74) is 2.52. The summed E-state index contributed by atoms with van der Waals surface area (Å²) >= 11 is 0. The average Bonchev–Trinajstić information content (AvgIpc) is 3.87. The predicted octanol–water partition coefficient (Wildman–Crippen LogP) is 4.21. The van der Waals surface area contributed by atoms with Crippen molar-refractivity contribution in [3.05, 3.63) is 82.8 Å². The normalized spacial score (nSPS) is 22.4. The van der Waals surface area contributed by atoms with Crippen LogP contribution >= 0.6 is 0 Å². The van der Waals surface area contributed by atoms with Gasteiger partial charge in [0.2, 0.25) is 23.6 Å². The second-order valence-corrected chi connectivity index (χ2v) is 13.9. The minimum absolute atomic E-state index is 0.0780. The van der Waals surface area contributed by atoms with Crippen molar-refractivity contribution in [2.45, 2.75) is 83.7 Å². The Morgan fingerprint density at radius 1 is 1.08 bits per heavy atom. The highest BCUT2D eigenvalue weighted by atomic mass is 16.5. The molecule has 3 aliphatic heterocycles. The van der Waals surface area contributed by atoms with Crippen molar-refractivity contribution >= 4 is 23.4 Å². The van der Waals surface area contributed by atoms with Gasteiger partial charge in [0.1, 0.15) is 35.6 Å². The van der Waals surface area contributed by atoms with E-state index in [4.69, 9.17) is 18.6 Å². The van der Waals surface area contributed by atoms with Crippen LogP contribution in [0.1, 0.15) is 92.3 Å². The average molecular weight is 683 g/mol. The summed E-state index contributed by atoms with van der Waals surface area (Å²) in [5.74, 6) is -0.762. The zero-order valence-corrected chi connectivity index (χ0v) is 28.7. The molecule has 0 fully saturated rings. The molecule has 262 valence electrons. The molecule has 0 saturated heterocycles. The molecule has 0 aliphatic carbocycles. The maximum absolute atomic E-state index is 14.0. The van der Waals surface area contributed by atoms with Crippen molar-refractivity contribution in [3.8, 4) is 17.3 Å². The lowest BCUT2D eigenvalue weighted by Crippen LogP contribution is -2.52. The van der Waals surface area contributed by atoms with Crippen molar-refractivity contribution in [2.24, 2.45) is 11.8 Å². The van der Waals surface area contributed by atoms with Crippen LogP contribution in [-0.4, -0.2) is 57.7 Å². The number of aromatic nitrogens is 2. The van der Waals surface area contributed by atoms with Gasteiger partial charge in [-0.15, -0.1) is 0 Å². The Hall–Kier alpha value is -5.17. The number of aliphatic hydroxyl groups excluding tert-OH is 1. The van der Waals surface area contributed by atoms with E-state index < -0.39 is 41.6 Å². The van der Waals surface area contributed by atoms with Gasteiger partial charge in [-0.25, -0.2) is 9.97 Å². The van der Waals surface area contributed by atoms with Crippen molar-refractivity contribution in [3.63, 3.8) is 0 Å². The summed E-state index contributed by atoms with van der Waals surface area (Å²) in [6, 6.07) is 11.8. The first-order valence-electron chi connectivity index (χ1n) is 17.2. The number of hydrogen-bond donors (Lipinski definition) is 5. The zero-order valence-electron chi connectivity index (χ0n) is 28.7. The van der Waals surface area contributed by atoms with Crippen LogP contribution in [0, 0.1) is 11.8 Å². The number of fused-ring (bicyclic) bond motifs is 4. The quantitative estimate of drug-likeness (QED) is 0.161. The Bertz CT molecular complexity index is 1950. The third-order valence-corrected chi connectivity index (χ3v) is 9.71. The van der Waals surface area contributed by atoms with E-state index in [-0.39, 0.29) is 47.3 Å². The molecule has 3 amide bonds. The molecule has 1 spiro atoms. The van der Waals surface area contributed by atoms with Gasteiger partial charge in [-0.2, -0.15) is 0 Å². The molecule has 4 aromatic rings. The van der Waals surface area contributed by atoms with Crippen LogP contribution in [0.25, 0.3) is 11.6 Å². The van der Waals surface area contributed by atoms with Crippen molar-refractivity contribution in [2.75, 3.05) is 11.9 Å². The predicted molar refractivity (Wildman–Crippen MR) is 182 cm³/mol. The van der Waals surface area contributed by atoms with Crippen LogP contribution in [0.15, 0.2) is 57.6 Å². The van der Waals surface area contributed by atoms with E-state index in [1.54, 1.807) is 13.8 Å². The number of ether oxygens (including phenoxy) is 1. The van der Waals surface area contributed by atoms with Gasteiger partial charge in [0, 0.05) is 24.2 Å². The number of carbonyl (C=O) groups is 3. The highest BCUT2D eigenvalue weighted by Crippen LogP contribution is 2.59. The molecule has 5 N–H and O–H groups in total. The number of hydrogen-bond acceptors (Lipinski definition) is 10. The SMILES string of the molecule is CCCCNC(=O)c1coc(-c2nc3oc2C24c5ccccc5NC2Oc2ccc(cc24)C[C@H](NC(=O)[C@@H](O)C(C)C)C(=O)N[C@H]3C(C)C)n1. The first-order chi connectivity index (χ1) is 24.0. The van der Waals surface area contributed by atoms with Gasteiger partial charge in [-0.05, 0) is 41.5 Å². The molecule has 4 bridgehead atoms. The van der Waals surface area contributed by atoms with E-state index in [2.05, 4.69) is 26.3 Å². The molecule has 5 atom stereocenters. The van der Waals surface area contributed by atoms with E-state index in [1.807, 2.05) is 63.2 Å². The summed E-state index contributed by atoms with van der Waals surface area (Å²) in [5, 5.41) is 22.8. The van der Waals surface area contributed by atoms with Crippen LogP contribution < -0.4 is 26.0 Å². The fourth-order valence-corrected chi connectivity index (χ4v) is 6.96. The fourth-order valence-electron chi connectivity index (χ4n) is 6.96. The molecule has 2 aromatic heterocycles. The lowest BCUT2D eigenvalue weighted by Gasteiger charge is -2.29. The van der Waals surface area contributed by atoms with Crippen LogP contribution in [0.3, 0.4) is 0 Å². The summed E-state index contributed by atoms with van der Waals surface area (Å²) in [4.78, 5) is 49.6. The van der Waals surface area contributed by atoms with Gasteiger partial charge < -0.3 is 39.9 Å². The Balaban J connectivity index is 1.43. The highest BCUT2D eigenvalue weighted by Gasteiger charge is 2.61. The lowest BCUT2D eigenvalue weighted by molar-refractivity contribution is -0.135. The first-order valence-corrected chi connectivity index (χ1v) is 17.2. The van der Waals surface area contributed by atoms with Gasteiger partial charge in [-0.3, -0.25) is 14.4 Å². The molecular formula is C37H42N6O7. The molecule has 2 unspecified atom stereocenters. The fraction of sp³-hybridized carbons (Fsp3) is 0.432. The Kier molecular flexibility index (Phi) is 8.63. The lowest BCUT2D eigenvalue weighted by atomic mass is 9.72. The number of nitrogens with zero attached hydrogens (tertiary/aromatic N) is 2. The van der Waals surface area contributed by atoms with Crippen LogP contribution in [0.5, 0.6) is 5.75 Å². The summed E-state index contributed by atoms with van der Waals surface area (Å²) < 4.78 is 19.4. The minimum Gasteiger partial charge on any atom is -0.469 e. The number of unbranched alkanes of at least 4 members (excludes halogenated alkanes) is 1. The van der Waals surface area contributed by atoms with E-state index in [0.29, 0.717) is 18.1 Å². The van der Waals surface area contributed by atoms with Gasteiger partial charge in [0.25, 0.3) is 5.91 Å². The minimum atomic E-state index is -1.29. The Morgan fingerprint density at radius 2 is 1.88 bits per heavy atom. The Morgan fingerprint density at radius 3 is 2.64 bits per heavy atom. The monoisotopic (exact) mass is 682 g/mol. The number of nitrogens with one attached hydrogen (secondary N) is 4. The standard InChI is InChI=1S/C37H42N6O7/c1-6-7-14-38-31(45)25-17-48-34(40-25)28-30-37-21-10-8-9-11-23(21)41-36(37)49-26-13-12-20(15-22(26)37)16-24(39-33(47)29(44)19(4)5)32(46)42-27(18(2)3)35(43-28)50-30/h8-13,15,17-19,24,27,29,36,41,44H,6-7,14,16H2,1-5H3,(H,38,45)(H,39,47)(H,42,46)/t24-,27-,29-,36?,37?/m0/s1. The molecule has 50 heavy (non-hydrogen) atoms. The summed E-state index contributed by atoms with van der Waals surface area (Å²) in [6.45, 7) is 9.87. The van der Waals surface area contributed by atoms with Gasteiger partial charge >= 0.3 is 0 Å². The van der Waals surface area contributed by atoms with Crippen molar-refractivity contribution in [1.82, 2.24) is 25.9 Å². The maximum atomic E-state index is 14.0. The molecular weight excluding hydrogens is 640 g/mol. The molecule has 13 heteroatoms. The van der Waals surface area contributed by atoms with Crippen molar-refractivity contribution in [1.29, 1.82) is 0 Å². The summed E-state index contributed by atoms with van der Waals surface area (Å²) in [7, 11) is 0. The van der Waals surface area contributed by atoms with E-state index in [1.165, 1.54) is 6.26 Å². The highest BCUT2D eigenvalue weighted by molar-refractivity contribution is 5.92. The molecule has 0 radical (unpaired) electrons. The molecule has 7 rings (SSSR count). The number of aliphatic hydroxyl groups is 1. The third kappa shape index (κ3) is 5.49. The molecule has 3 aliphatic rings. The van der Waals surface area contributed by atoms with E-state index >= 15 is 0 Å². The number of carbonyl (C=O) groups excluding carboxylic acids is 3. The van der Waals surface area contributed by atoms with Crippen LogP contribution in [-0.2, 0) is 21.4 Å². The van der Waals surface area contributed by atoms with Gasteiger partial charge in [-0.1, -0.05) is 71.4 Å². The molecule has 13 nitrogen and oxygen atoms in total. The van der Waals surface area contributed by atoms with Crippen LogP contribution in [0.2, 0.25) is 0 Å². The van der Waals surface area contributed by atoms with Crippen LogP contribution in [0.4, 0.5) is 5.69 Å². The number of oxazole rings is 2. The smallest absolute Gasteiger partial charge is 0.273 e. The van der Waals surface area contributed by atoms with Gasteiger partial charge in [0.05, 0.1) is 0 Å². The number of anilines is 1. The molecule has 5 heterocycles. The topological polar surface area (TPSA) is 181 Å². The summed E-state index contributed by atoms with van der Waals surface area (Å²) in [6.07, 6.45) is 1.27. The second kappa shape index (κ2) is 12.9. The number of amides is 3. The molecule has 2 aromatic carbocycles. The molecule has 0 saturated carbocycles. The largest absolute Gasteiger partial charge is 0.469 e. The second-order valence-electron chi connectivity index (χ2n) is 13.9. The van der Waals surface area contributed by atoms with E-state index in [9.17, 15) is 19.5 Å².